The topological polar surface area (TPSA) is 52.6 Å². The Morgan fingerprint density at radius 2 is 2.19 bits per heavy atom. The van der Waals surface area contributed by atoms with Crippen LogP contribution in [-0.2, 0) is 0 Å². The number of nitrogens with zero attached hydrogens (tertiary/aromatic N) is 1. The molecule has 1 aliphatic rings. The highest BCUT2D eigenvalue weighted by molar-refractivity contribution is 5.74. The molecule has 2 rings (SSSR count). The molecule has 0 aromatic heterocycles. The lowest BCUT2D eigenvalue weighted by Crippen LogP contribution is -2.47. The molecule has 4 nitrogen and oxygen atoms in total. The van der Waals surface area contributed by atoms with Gasteiger partial charge in [0.1, 0.15) is 0 Å². The van der Waals surface area contributed by atoms with Crippen LogP contribution in [0.4, 0.5) is 4.79 Å². The summed E-state index contributed by atoms with van der Waals surface area (Å²) in [5.41, 5.74) is 1.27. The Morgan fingerprint density at radius 3 is 2.86 bits per heavy atom. The number of carbonyl (C=O) groups excluding carboxylic acids is 1. The number of rotatable bonds is 5. The maximum atomic E-state index is 12.2. The third kappa shape index (κ3) is 4.46. The molecule has 2 atom stereocenters. The van der Waals surface area contributed by atoms with E-state index in [1.807, 2.05) is 23.1 Å². The summed E-state index contributed by atoms with van der Waals surface area (Å²) in [7, 11) is 0. The number of likely N-dealkylation sites (tertiary alicyclic amines) is 1. The molecule has 2 amide bonds. The van der Waals surface area contributed by atoms with Gasteiger partial charge in [0.2, 0.25) is 0 Å². The van der Waals surface area contributed by atoms with Crippen LogP contribution in [0.25, 0.3) is 0 Å². The Labute approximate surface area is 127 Å². The van der Waals surface area contributed by atoms with Crippen molar-refractivity contribution < 1.29 is 9.90 Å². The molecule has 0 radical (unpaired) electrons. The van der Waals surface area contributed by atoms with Crippen LogP contribution in [0.5, 0.6) is 0 Å². The lowest BCUT2D eigenvalue weighted by molar-refractivity contribution is 0.129. The summed E-state index contributed by atoms with van der Waals surface area (Å²) in [5, 5.41) is 12.3. The molecule has 0 spiro atoms. The minimum absolute atomic E-state index is 0.00234. The van der Waals surface area contributed by atoms with Crippen LogP contribution in [-0.4, -0.2) is 42.3 Å². The zero-order valence-corrected chi connectivity index (χ0v) is 12.8. The molecule has 1 aromatic carbocycles. The lowest BCUT2D eigenvalue weighted by Gasteiger charge is -2.32. The molecule has 2 unspecified atom stereocenters. The number of nitrogens with one attached hydrogen (secondary N) is 1. The second kappa shape index (κ2) is 8.03. The Hall–Kier alpha value is -1.55. The van der Waals surface area contributed by atoms with Gasteiger partial charge in [-0.25, -0.2) is 4.79 Å². The highest BCUT2D eigenvalue weighted by Gasteiger charge is 2.23. The van der Waals surface area contributed by atoms with E-state index in [4.69, 9.17) is 0 Å². The van der Waals surface area contributed by atoms with E-state index < -0.39 is 0 Å². The van der Waals surface area contributed by atoms with Crippen molar-refractivity contribution in [3.8, 4) is 0 Å². The SMILES string of the molecule is CCC(CNC(=O)N1CCCC(CO)C1)c1ccccc1. The van der Waals surface area contributed by atoms with Crippen molar-refractivity contribution >= 4 is 6.03 Å². The summed E-state index contributed by atoms with van der Waals surface area (Å²) in [6.45, 7) is 4.45. The number of carbonyl (C=O) groups is 1. The number of piperidine rings is 1. The van der Waals surface area contributed by atoms with Gasteiger partial charge in [0.15, 0.2) is 0 Å². The molecule has 2 N–H and O–H groups in total. The molecule has 1 heterocycles. The van der Waals surface area contributed by atoms with E-state index in [9.17, 15) is 9.90 Å². The molecule has 0 aliphatic carbocycles. The largest absolute Gasteiger partial charge is 0.396 e. The summed E-state index contributed by atoms with van der Waals surface area (Å²) >= 11 is 0. The maximum absolute atomic E-state index is 12.2. The van der Waals surface area contributed by atoms with Crippen molar-refractivity contribution in [1.29, 1.82) is 0 Å². The maximum Gasteiger partial charge on any atom is 0.317 e. The van der Waals surface area contributed by atoms with Gasteiger partial charge in [-0.2, -0.15) is 0 Å². The van der Waals surface area contributed by atoms with Crippen LogP contribution in [0.2, 0.25) is 0 Å². The second-order valence-corrected chi connectivity index (χ2v) is 5.84. The molecule has 116 valence electrons. The Morgan fingerprint density at radius 1 is 1.43 bits per heavy atom. The van der Waals surface area contributed by atoms with Crippen molar-refractivity contribution in [1.82, 2.24) is 10.2 Å². The van der Waals surface area contributed by atoms with Crippen LogP contribution >= 0.6 is 0 Å². The summed E-state index contributed by atoms with van der Waals surface area (Å²) in [5.74, 6) is 0.592. The van der Waals surface area contributed by atoms with E-state index in [-0.39, 0.29) is 18.6 Å². The fraction of sp³-hybridized carbons (Fsp3) is 0.588. The summed E-state index contributed by atoms with van der Waals surface area (Å²) < 4.78 is 0. The van der Waals surface area contributed by atoms with Gasteiger partial charge in [0.25, 0.3) is 0 Å². The van der Waals surface area contributed by atoms with E-state index in [1.165, 1.54) is 5.56 Å². The van der Waals surface area contributed by atoms with Crippen molar-refractivity contribution in [3.63, 3.8) is 0 Å². The van der Waals surface area contributed by atoms with Crippen molar-refractivity contribution in [2.45, 2.75) is 32.1 Å². The highest BCUT2D eigenvalue weighted by atomic mass is 16.3. The van der Waals surface area contributed by atoms with Gasteiger partial charge in [-0.1, -0.05) is 37.3 Å². The molecule has 1 aromatic rings. The quantitative estimate of drug-likeness (QED) is 0.876. The Kier molecular flexibility index (Phi) is 6.05. The number of aliphatic hydroxyl groups excluding tert-OH is 1. The van der Waals surface area contributed by atoms with Gasteiger partial charge in [0.05, 0.1) is 0 Å². The number of aliphatic hydroxyl groups is 1. The summed E-state index contributed by atoms with van der Waals surface area (Å²) in [4.78, 5) is 14.1. The van der Waals surface area contributed by atoms with Crippen LogP contribution < -0.4 is 5.32 Å². The van der Waals surface area contributed by atoms with E-state index in [0.717, 1.165) is 25.8 Å². The minimum atomic E-state index is 0.00234. The monoisotopic (exact) mass is 290 g/mol. The average molecular weight is 290 g/mol. The third-order valence-electron chi connectivity index (χ3n) is 4.33. The molecule has 1 aliphatic heterocycles. The van der Waals surface area contributed by atoms with Crippen molar-refractivity contribution in [2.75, 3.05) is 26.2 Å². The smallest absolute Gasteiger partial charge is 0.317 e. The Bertz CT molecular complexity index is 436. The van der Waals surface area contributed by atoms with Gasteiger partial charge in [0, 0.05) is 32.2 Å². The fourth-order valence-corrected chi connectivity index (χ4v) is 2.94. The van der Waals surface area contributed by atoms with Crippen molar-refractivity contribution in [3.05, 3.63) is 35.9 Å². The molecular weight excluding hydrogens is 264 g/mol. The van der Waals surface area contributed by atoms with Crippen LogP contribution in [0.15, 0.2) is 30.3 Å². The minimum Gasteiger partial charge on any atom is -0.396 e. The molecular formula is C17H26N2O2. The first kappa shape index (κ1) is 15.8. The zero-order chi connectivity index (χ0) is 15.1. The number of urea groups is 1. The van der Waals surface area contributed by atoms with Crippen LogP contribution in [0.3, 0.4) is 0 Å². The fourth-order valence-electron chi connectivity index (χ4n) is 2.94. The summed E-state index contributed by atoms with van der Waals surface area (Å²) in [6, 6.07) is 10.3. The average Bonchev–Trinajstić information content (AvgIpc) is 2.56. The Balaban J connectivity index is 1.85. The normalized spacial score (nSPS) is 20.1. The predicted octanol–water partition coefficient (Wildman–Crippen LogP) is 2.59. The van der Waals surface area contributed by atoms with Gasteiger partial charge in [-0.15, -0.1) is 0 Å². The second-order valence-electron chi connectivity index (χ2n) is 5.84. The first-order chi connectivity index (χ1) is 10.2. The molecule has 1 saturated heterocycles. The van der Waals surface area contributed by atoms with Gasteiger partial charge in [-0.3, -0.25) is 0 Å². The first-order valence-corrected chi connectivity index (χ1v) is 7.93. The van der Waals surface area contributed by atoms with E-state index in [2.05, 4.69) is 24.4 Å². The molecule has 4 heteroatoms. The molecule has 21 heavy (non-hydrogen) atoms. The van der Waals surface area contributed by atoms with E-state index in [1.54, 1.807) is 0 Å². The number of hydrogen-bond donors (Lipinski definition) is 2. The molecule has 0 bridgehead atoms. The van der Waals surface area contributed by atoms with Crippen LogP contribution in [0.1, 0.15) is 37.7 Å². The van der Waals surface area contributed by atoms with E-state index >= 15 is 0 Å². The molecule has 0 saturated carbocycles. The lowest BCUT2D eigenvalue weighted by atomic mass is 9.96. The van der Waals surface area contributed by atoms with Crippen molar-refractivity contribution in [2.24, 2.45) is 5.92 Å². The standard InChI is InChI=1S/C17H26N2O2/c1-2-15(16-8-4-3-5-9-16)11-18-17(21)19-10-6-7-14(12-19)13-20/h3-5,8-9,14-15,20H,2,6-7,10-13H2,1H3,(H,18,21). The molecule has 1 fully saturated rings. The highest BCUT2D eigenvalue weighted by Crippen LogP contribution is 2.19. The number of hydrogen-bond acceptors (Lipinski definition) is 2. The summed E-state index contributed by atoms with van der Waals surface area (Å²) in [6.07, 6.45) is 3.00. The zero-order valence-electron chi connectivity index (χ0n) is 12.8. The number of benzene rings is 1. The third-order valence-corrected chi connectivity index (χ3v) is 4.33. The van der Waals surface area contributed by atoms with Gasteiger partial charge >= 0.3 is 6.03 Å². The number of amides is 2. The van der Waals surface area contributed by atoms with Gasteiger partial charge < -0.3 is 15.3 Å². The predicted molar refractivity (Wildman–Crippen MR) is 84.3 cm³/mol. The first-order valence-electron chi connectivity index (χ1n) is 7.93. The van der Waals surface area contributed by atoms with E-state index in [0.29, 0.717) is 19.0 Å². The van der Waals surface area contributed by atoms with Crippen LogP contribution in [0, 0.1) is 5.92 Å². The van der Waals surface area contributed by atoms with Gasteiger partial charge in [-0.05, 0) is 30.7 Å².